The zero-order chi connectivity index (χ0) is 19.4. The van der Waals surface area contributed by atoms with Crippen molar-refractivity contribution in [1.29, 1.82) is 0 Å². The van der Waals surface area contributed by atoms with Crippen LogP contribution in [0.2, 0.25) is 5.02 Å². The number of nitrogens with two attached hydrogens (primary N) is 2. The van der Waals surface area contributed by atoms with E-state index in [1.807, 2.05) is 0 Å². The lowest BCUT2D eigenvalue weighted by Crippen LogP contribution is -2.31. The Morgan fingerprint density at radius 2 is 2.22 bits per heavy atom. The summed E-state index contributed by atoms with van der Waals surface area (Å²) in [5.74, 6) is 0.160. The molecule has 3 rings (SSSR count). The van der Waals surface area contributed by atoms with Gasteiger partial charge < -0.3 is 20.9 Å². The highest BCUT2D eigenvalue weighted by Crippen LogP contribution is 2.31. The van der Waals surface area contributed by atoms with E-state index in [1.165, 1.54) is 24.4 Å². The number of aliphatic imine (C=N–C) groups is 1. The summed E-state index contributed by atoms with van der Waals surface area (Å²) in [7, 11) is 0. The van der Waals surface area contributed by atoms with Crippen LogP contribution in [0.5, 0.6) is 5.75 Å². The molecule has 1 aliphatic heterocycles. The van der Waals surface area contributed by atoms with Gasteiger partial charge >= 0.3 is 0 Å². The van der Waals surface area contributed by atoms with E-state index >= 15 is 0 Å². The lowest BCUT2D eigenvalue weighted by Gasteiger charge is -2.21. The van der Waals surface area contributed by atoms with Gasteiger partial charge in [0.1, 0.15) is 11.9 Å². The molecule has 1 aromatic heterocycles. The Hall–Kier alpha value is -2.64. The van der Waals surface area contributed by atoms with Gasteiger partial charge in [0, 0.05) is 40.3 Å². The van der Waals surface area contributed by atoms with Gasteiger partial charge in [0.25, 0.3) is 0 Å². The maximum Gasteiger partial charge on any atom is 0.166 e. The molecular weight excluding hydrogens is 371 g/mol. The third kappa shape index (κ3) is 4.56. The molecule has 8 heteroatoms. The molecule has 2 heterocycles. The van der Waals surface area contributed by atoms with Gasteiger partial charge in [0.15, 0.2) is 11.6 Å². The van der Waals surface area contributed by atoms with Crippen LogP contribution in [0.1, 0.15) is 24.2 Å². The first-order valence-electron chi connectivity index (χ1n) is 8.38. The van der Waals surface area contributed by atoms with E-state index < -0.39 is 11.9 Å². The van der Waals surface area contributed by atoms with Crippen LogP contribution in [0.3, 0.4) is 0 Å². The number of halogens is 2. The second-order valence-corrected chi connectivity index (χ2v) is 6.53. The van der Waals surface area contributed by atoms with Crippen LogP contribution in [0.4, 0.5) is 10.2 Å². The average Bonchev–Trinajstić information content (AvgIpc) is 2.61. The fourth-order valence-corrected chi connectivity index (χ4v) is 2.77. The molecule has 0 saturated carbocycles. The highest BCUT2D eigenvalue weighted by molar-refractivity contribution is 6.31. The number of nitrogens with zero attached hydrogens (tertiary/aromatic N) is 2. The van der Waals surface area contributed by atoms with E-state index in [2.05, 4.69) is 9.98 Å². The molecule has 0 amide bonds. The van der Waals surface area contributed by atoms with Gasteiger partial charge in [-0.1, -0.05) is 11.6 Å². The quantitative estimate of drug-likeness (QED) is 0.737. The fourth-order valence-electron chi connectivity index (χ4n) is 2.50. The summed E-state index contributed by atoms with van der Waals surface area (Å²) in [6.07, 6.45) is 4.17. The monoisotopic (exact) mass is 390 g/mol. The van der Waals surface area contributed by atoms with E-state index in [0.717, 1.165) is 0 Å². The summed E-state index contributed by atoms with van der Waals surface area (Å²) in [6.45, 7) is 2.97. The molecule has 1 fully saturated rings. The summed E-state index contributed by atoms with van der Waals surface area (Å²) in [4.78, 5) is 8.56. The second-order valence-electron chi connectivity index (χ2n) is 6.12. The smallest absolute Gasteiger partial charge is 0.166 e. The molecule has 142 valence electrons. The molecular formula is C19H20ClFN4O2. The van der Waals surface area contributed by atoms with Crippen molar-refractivity contribution in [2.75, 3.05) is 18.9 Å². The number of ether oxygens (including phenoxy) is 2. The zero-order valence-electron chi connectivity index (χ0n) is 14.7. The lowest BCUT2D eigenvalue weighted by atomic mass is 10.1. The average molecular weight is 391 g/mol. The molecule has 1 atom stereocenters. The predicted octanol–water partition coefficient (Wildman–Crippen LogP) is 3.37. The van der Waals surface area contributed by atoms with Gasteiger partial charge in [-0.25, -0.2) is 9.37 Å². The first-order valence-corrected chi connectivity index (χ1v) is 8.76. The zero-order valence-corrected chi connectivity index (χ0v) is 15.5. The van der Waals surface area contributed by atoms with E-state index in [1.54, 1.807) is 25.4 Å². The van der Waals surface area contributed by atoms with Crippen molar-refractivity contribution in [3.05, 3.63) is 58.6 Å². The molecule has 0 radical (unpaired) electrons. The predicted molar refractivity (Wildman–Crippen MR) is 104 cm³/mol. The second kappa shape index (κ2) is 8.37. The highest BCUT2D eigenvalue weighted by atomic mass is 35.5. The molecule has 2 aromatic rings. The Bertz CT molecular complexity index is 884. The molecule has 0 aliphatic carbocycles. The molecule has 1 saturated heterocycles. The van der Waals surface area contributed by atoms with Gasteiger partial charge in [-0.15, -0.1) is 0 Å². The van der Waals surface area contributed by atoms with Crippen molar-refractivity contribution in [2.24, 2.45) is 10.7 Å². The minimum atomic E-state index is -0.529. The Balaban J connectivity index is 1.82. The number of hydrogen-bond acceptors (Lipinski definition) is 6. The number of anilines is 1. The number of rotatable bonds is 6. The van der Waals surface area contributed by atoms with Crippen molar-refractivity contribution in [3.63, 3.8) is 0 Å². The van der Waals surface area contributed by atoms with Crippen LogP contribution in [-0.2, 0) is 4.74 Å². The van der Waals surface area contributed by atoms with Crippen molar-refractivity contribution < 1.29 is 13.9 Å². The first-order chi connectivity index (χ1) is 13.0. The van der Waals surface area contributed by atoms with Crippen molar-refractivity contribution in [3.8, 4) is 5.75 Å². The third-order valence-electron chi connectivity index (χ3n) is 4.14. The minimum absolute atomic E-state index is 0.146. The lowest BCUT2D eigenvalue weighted by molar-refractivity contribution is 0.0136. The number of allylic oxidation sites excluding steroid dienone is 1. The van der Waals surface area contributed by atoms with Gasteiger partial charge in [0.05, 0.1) is 19.3 Å². The van der Waals surface area contributed by atoms with Crippen LogP contribution in [-0.4, -0.2) is 30.5 Å². The molecule has 1 aliphatic rings. The van der Waals surface area contributed by atoms with Crippen molar-refractivity contribution >= 4 is 29.2 Å². The van der Waals surface area contributed by atoms with E-state index in [0.29, 0.717) is 40.7 Å². The summed E-state index contributed by atoms with van der Waals surface area (Å²) < 4.78 is 24.5. The molecule has 0 bridgehead atoms. The maximum absolute atomic E-state index is 13.5. The Morgan fingerprint density at radius 3 is 2.89 bits per heavy atom. The largest absolute Gasteiger partial charge is 0.482 e. The van der Waals surface area contributed by atoms with Gasteiger partial charge in [-0.2, -0.15) is 0 Å². The van der Waals surface area contributed by atoms with Gasteiger partial charge in [0.2, 0.25) is 0 Å². The van der Waals surface area contributed by atoms with Crippen LogP contribution in [0.25, 0.3) is 5.57 Å². The Labute approximate surface area is 161 Å². The van der Waals surface area contributed by atoms with Crippen LogP contribution in [0.15, 0.2) is 41.7 Å². The summed E-state index contributed by atoms with van der Waals surface area (Å²) in [5, 5.41) is 0.406. The van der Waals surface area contributed by atoms with Crippen molar-refractivity contribution in [1.82, 2.24) is 4.98 Å². The van der Waals surface area contributed by atoms with Gasteiger partial charge in [-0.05, 0) is 31.2 Å². The summed E-state index contributed by atoms with van der Waals surface area (Å²) >= 11 is 6.14. The third-order valence-corrected chi connectivity index (χ3v) is 4.48. The summed E-state index contributed by atoms with van der Waals surface area (Å²) in [6, 6.07) is 5.97. The van der Waals surface area contributed by atoms with Gasteiger partial charge in [-0.3, -0.25) is 4.99 Å². The highest BCUT2D eigenvalue weighted by Gasteiger charge is 2.17. The number of nitrogen functional groups attached to an aromatic ring is 1. The summed E-state index contributed by atoms with van der Waals surface area (Å²) in [5.41, 5.74) is 13.5. The molecule has 0 spiro atoms. The number of aromatic nitrogens is 1. The Morgan fingerprint density at radius 1 is 1.44 bits per heavy atom. The molecule has 27 heavy (non-hydrogen) atoms. The van der Waals surface area contributed by atoms with Crippen LogP contribution in [0, 0.1) is 5.82 Å². The minimum Gasteiger partial charge on any atom is -0.482 e. The maximum atomic E-state index is 13.5. The van der Waals surface area contributed by atoms with Crippen molar-refractivity contribution in [2.45, 2.75) is 19.1 Å². The van der Waals surface area contributed by atoms with Crippen LogP contribution < -0.4 is 16.2 Å². The molecule has 1 aromatic carbocycles. The van der Waals surface area contributed by atoms with E-state index in [-0.39, 0.29) is 11.9 Å². The fraction of sp³-hybridized carbons (Fsp3) is 0.263. The first kappa shape index (κ1) is 19.1. The number of benzene rings is 1. The van der Waals surface area contributed by atoms with E-state index in [9.17, 15) is 4.39 Å². The Kier molecular flexibility index (Phi) is 5.93. The molecule has 1 unspecified atom stereocenters. The van der Waals surface area contributed by atoms with E-state index in [4.69, 9.17) is 32.5 Å². The number of hydrogen-bond donors (Lipinski definition) is 2. The number of pyridine rings is 1. The SMILES string of the molecule is CC(Oc1cc(C(C=NC2COC2)=CN)cnc1N)c1cc(F)ccc1Cl. The topological polar surface area (TPSA) is 95.8 Å². The van der Waals surface area contributed by atoms with Crippen LogP contribution >= 0.6 is 11.6 Å². The normalized spacial score (nSPS) is 16.3. The molecule has 6 nitrogen and oxygen atoms in total. The standard InChI is InChI=1S/C19H20ClFN4O2/c1-11(16-5-14(21)2-3-17(16)20)27-18-4-12(7-25-19(18)23)13(6-22)8-24-15-9-26-10-15/h2-8,11,15H,9-10,22H2,1H3,(H2,23,25). The molecule has 4 N–H and O–H groups in total.